The average molecular weight is 347 g/mol. The second-order valence-corrected chi connectivity index (χ2v) is 6.60. The standard InChI is InChI=1S/C15H13N3O5S/c1-23-9-5-7-10(8-6-9)24(21,22)18-12-4-2-3-11-13(12)15(20)17-16-14(11)19/h2-8,18H,1H3,(H,16,19)(H,17,20). The second kappa shape index (κ2) is 5.85. The van der Waals surface area contributed by atoms with E-state index in [1.807, 2.05) is 0 Å². The fourth-order valence-corrected chi connectivity index (χ4v) is 3.34. The zero-order chi connectivity index (χ0) is 17.3. The van der Waals surface area contributed by atoms with Crippen molar-refractivity contribution in [3.8, 4) is 5.75 Å². The van der Waals surface area contributed by atoms with E-state index in [-0.39, 0.29) is 21.4 Å². The Morgan fingerprint density at radius 1 is 0.958 bits per heavy atom. The minimum Gasteiger partial charge on any atom is -0.497 e. The van der Waals surface area contributed by atoms with Gasteiger partial charge in [-0.2, -0.15) is 0 Å². The highest BCUT2D eigenvalue weighted by molar-refractivity contribution is 7.92. The molecular weight excluding hydrogens is 334 g/mol. The van der Waals surface area contributed by atoms with E-state index in [0.717, 1.165) is 0 Å². The van der Waals surface area contributed by atoms with Crippen molar-refractivity contribution in [3.05, 3.63) is 63.2 Å². The third-order valence-corrected chi connectivity index (χ3v) is 4.82. The van der Waals surface area contributed by atoms with Gasteiger partial charge in [-0.05, 0) is 36.4 Å². The Labute approximate surface area is 136 Å². The number of rotatable bonds is 4. The van der Waals surface area contributed by atoms with E-state index in [1.165, 1.54) is 49.6 Å². The minimum atomic E-state index is -3.93. The molecule has 0 unspecified atom stereocenters. The minimum absolute atomic E-state index is 0.00146. The van der Waals surface area contributed by atoms with Crippen LogP contribution in [-0.4, -0.2) is 25.7 Å². The summed E-state index contributed by atoms with van der Waals surface area (Å²) in [6, 6.07) is 10.1. The van der Waals surface area contributed by atoms with Gasteiger partial charge in [-0.1, -0.05) is 6.07 Å². The van der Waals surface area contributed by atoms with Gasteiger partial charge < -0.3 is 4.74 Å². The maximum absolute atomic E-state index is 12.5. The number of methoxy groups -OCH3 is 1. The van der Waals surface area contributed by atoms with Crippen LogP contribution in [0.3, 0.4) is 0 Å². The smallest absolute Gasteiger partial charge is 0.272 e. The van der Waals surface area contributed by atoms with E-state index in [1.54, 1.807) is 0 Å². The van der Waals surface area contributed by atoms with Crippen molar-refractivity contribution < 1.29 is 13.2 Å². The number of benzene rings is 2. The number of H-pyrrole nitrogens is 2. The van der Waals surface area contributed by atoms with Gasteiger partial charge in [0.1, 0.15) is 5.75 Å². The first-order valence-electron chi connectivity index (χ1n) is 6.83. The van der Waals surface area contributed by atoms with Crippen LogP contribution in [0, 0.1) is 0 Å². The zero-order valence-electron chi connectivity index (χ0n) is 12.5. The lowest BCUT2D eigenvalue weighted by atomic mass is 10.2. The predicted octanol–water partition coefficient (Wildman–Crippen LogP) is 1.03. The Kier molecular flexibility index (Phi) is 3.86. The van der Waals surface area contributed by atoms with Gasteiger partial charge in [0.05, 0.1) is 28.5 Å². The number of hydrogen-bond acceptors (Lipinski definition) is 5. The highest BCUT2D eigenvalue weighted by Crippen LogP contribution is 2.22. The molecule has 2 aromatic carbocycles. The lowest BCUT2D eigenvalue weighted by Crippen LogP contribution is -2.21. The lowest BCUT2D eigenvalue weighted by Gasteiger charge is -2.10. The van der Waals surface area contributed by atoms with Crippen LogP contribution in [0.5, 0.6) is 5.75 Å². The quantitative estimate of drug-likeness (QED) is 0.651. The van der Waals surface area contributed by atoms with Crippen molar-refractivity contribution in [2.75, 3.05) is 11.8 Å². The molecule has 1 aromatic heterocycles. The van der Waals surface area contributed by atoms with Gasteiger partial charge in [-0.15, -0.1) is 0 Å². The molecule has 3 aromatic rings. The molecule has 24 heavy (non-hydrogen) atoms. The number of aromatic nitrogens is 2. The number of hydrogen-bond donors (Lipinski definition) is 3. The highest BCUT2D eigenvalue weighted by Gasteiger charge is 2.17. The molecule has 0 radical (unpaired) electrons. The van der Waals surface area contributed by atoms with Crippen molar-refractivity contribution in [2.24, 2.45) is 0 Å². The third-order valence-electron chi connectivity index (χ3n) is 3.44. The SMILES string of the molecule is COc1ccc(S(=O)(=O)Nc2cccc3c(=O)[nH][nH]c(=O)c23)cc1. The molecule has 0 bridgehead atoms. The molecule has 0 aliphatic rings. The molecule has 0 saturated carbocycles. The number of fused-ring (bicyclic) bond motifs is 1. The zero-order valence-corrected chi connectivity index (χ0v) is 13.3. The van der Waals surface area contributed by atoms with Gasteiger partial charge in [0, 0.05) is 0 Å². The Morgan fingerprint density at radius 3 is 2.29 bits per heavy atom. The van der Waals surface area contributed by atoms with Crippen molar-refractivity contribution >= 4 is 26.5 Å². The van der Waals surface area contributed by atoms with E-state index in [4.69, 9.17) is 4.74 Å². The Balaban J connectivity index is 2.10. The topological polar surface area (TPSA) is 121 Å². The summed E-state index contributed by atoms with van der Waals surface area (Å²) in [6.07, 6.45) is 0. The maximum Gasteiger partial charge on any atom is 0.272 e. The van der Waals surface area contributed by atoms with Gasteiger partial charge in [0.2, 0.25) is 0 Å². The summed E-state index contributed by atoms with van der Waals surface area (Å²) in [6.45, 7) is 0. The van der Waals surface area contributed by atoms with Crippen LogP contribution in [0.25, 0.3) is 10.8 Å². The molecule has 0 fully saturated rings. The van der Waals surface area contributed by atoms with Crippen LogP contribution >= 0.6 is 0 Å². The van der Waals surface area contributed by atoms with Crippen LogP contribution in [0.15, 0.2) is 56.9 Å². The van der Waals surface area contributed by atoms with Gasteiger partial charge in [-0.3, -0.25) is 24.5 Å². The number of nitrogens with one attached hydrogen (secondary N) is 3. The molecular formula is C15H13N3O5S. The molecule has 3 N–H and O–H groups in total. The predicted molar refractivity (Wildman–Crippen MR) is 89.0 cm³/mol. The summed E-state index contributed by atoms with van der Waals surface area (Å²) >= 11 is 0. The van der Waals surface area contributed by atoms with Crippen LogP contribution in [0.4, 0.5) is 5.69 Å². The van der Waals surface area contributed by atoms with Crippen molar-refractivity contribution in [3.63, 3.8) is 0 Å². The number of ether oxygens (including phenoxy) is 1. The van der Waals surface area contributed by atoms with E-state index >= 15 is 0 Å². The van der Waals surface area contributed by atoms with E-state index in [2.05, 4.69) is 14.9 Å². The van der Waals surface area contributed by atoms with Crippen molar-refractivity contribution in [2.45, 2.75) is 4.90 Å². The van der Waals surface area contributed by atoms with E-state index < -0.39 is 21.1 Å². The second-order valence-electron chi connectivity index (χ2n) is 4.92. The summed E-state index contributed by atoms with van der Waals surface area (Å²) in [4.78, 5) is 23.8. The molecule has 0 spiro atoms. The van der Waals surface area contributed by atoms with Gasteiger partial charge in [0.15, 0.2) is 0 Å². The fraction of sp³-hybridized carbons (Fsp3) is 0.0667. The number of sulfonamides is 1. The summed E-state index contributed by atoms with van der Waals surface area (Å²) in [5.74, 6) is 0.516. The van der Waals surface area contributed by atoms with Crippen LogP contribution < -0.4 is 20.6 Å². The molecule has 1 heterocycles. The normalized spacial score (nSPS) is 11.4. The van der Waals surface area contributed by atoms with Crippen molar-refractivity contribution in [1.29, 1.82) is 0 Å². The van der Waals surface area contributed by atoms with Crippen LogP contribution in [0.2, 0.25) is 0 Å². The number of anilines is 1. The molecule has 0 atom stereocenters. The molecule has 8 nitrogen and oxygen atoms in total. The van der Waals surface area contributed by atoms with Crippen LogP contribution in [-0.2, 0) is 10.0 Å². The molecule has 0 saturated heterocycles. The third kappa shape index (κ3) is 2.76. The molecule has 124 valence electrons. The Morgan fingerprint density at radius 2 is 1.62 bits per heavy atom. The Bertz CT molecular complexity index is 1110. The molecule has 0 aliphatic heterocycles. The van der Waals surface area contributed by atoms with E-state index in [0.29, 0.717) is 5.75 Å². The van der Waals surface area contributed by atoms with Gasteiger partial charge >= 0.3 is 0 Å². The highest BCUT2D eigenvalue weighted by atomic mass is 32.2. The average Bonchev–Trinajstić information content (AvgIpc) is 2.58. The molecule has 0 aliphatic carbocycles. The fourth-order valence-electron chi connectivity index (χ4n) is 2.27. The van der Waals surface area contributed by atoms with Gasteiger partial charge in [0.25, 0.3) is 21.1 Å². The largest absolute Gasteiger partial charge is 0.497 e. The Hall–Kier alpha value is -3.07. The molecule has 3 rings (SSSR count). The van der Waals surface area contributed by atoms with E-state index in [9.17, 15) is 18.0 Å². The summed E-state index contributed by atoms with van der Waals surface area (Å²) < 4.78 is 32.3. The first-order chi connectivity index (χ1) is 11.4. The van der Waals surface area contributed by atoms with Crippen LogP contribution in [0.1, 0.15) is 0 Å². The monoisotopic (exact) mass is 347 g/mol. The first-order valence-corrected chi connectivity index (χ1v) is 8.31. The molecule has 0 amide bonds. The number of aromatic amines is 2. The first kappa shape index (κ1) is 15.8. The summed E-state index contributed by atoms with van der Waals surface area (Å²) in [5.41, 5.74) is -1.09. The van der Waals surface area contributed by atoms with Crippen molar-refractivity contribution in [1.82, 2.24) is 10.2 Å². The molecule has 9 heteroatoms. The van der Waals surface area contributed by atoms with Gasteiger partial charge in [-0.25, -0.2) is 8.42 Å². The maximum atomic E-state index is 12.5. The lowest BCUT2D eigenvalue weighted by molar-refractivity contribution is 0.414. The summed E-state index contributed by atoms with van der Waals surface area (Å²) in [7, 11) is -2.46. The summed E-state index contributed by atoms with van der Waals surface area (Å²) in [5, 5.41) is 4.43.